The molecule has 24 heavy (non-hydrogen) atoms. The maximum atomic E-state index is 9.38. The number of nitrogens with zero attached hydrogens (tertiary/aromatic N) is 1. The summed E-state index contributed by atoms with van der Waals surface area (Å²) in [6.07, 6.45) is 3.17. The number of fused-ring (bicyclic) bond motifs is 1. The number of aliphatic hydroxyl groups excluding tert-OH is 1. The maximum absolute atomic E-state index is 9.38. The van der Waals surface area contributed by atoms with Crippen molar-refractivity contribution in [2.45, 2.75) is 39.4 Å². The van der Waals surface area contributed by atoms with E-state index in [1.807, 2.05) is 0 Å². The van der Waals surface area contributed by atoms with E-state index >= 15 is 0 Å². The zero-order chi connectivity index (χ0) is 16.9. The van der Waals surface area contributed by atoms with Crippen molar-refractivity contribution in [3.8, 4) is 0 Å². The van der Waals surface area contributed by atoms with E-state index in [-0.39, 0.29) is 12.6 Å². The van der Waals surface area contributed by atoms with Gasteiger partial charge in [-0.1, -0.05) is 49.4 Å². The first kappa shape index (κ1) is 16.7. The Balaban J connectivity index is 1.90. The first-order valence-electron chi connectivity index (χ1n) is 8.68. The van der Waals surface area contributed by atoms with Gasteiger partial charge in [0.1, 0.15) is 0 Å². The summed E-state index contributed by atoms with van der Waals surface area (Å²) < 4.78 is 2.33. The predicted octanol–water partition coefficient (Wildman–Crippen LogP) is 3.86. The zero-order valence-corrected chi connectivity index (χ0v) is 14.5. The summed E-state index contributed by atoms with van der Waals surface area (Å²) in [4.78, 5) is 0. The van der Waals surface area contributed by atoms with Gasteiger partial charge in [0.25, 0.3) is 0 Å². The molecule has 0 spiro atoms. The van der Waals surface area contributed by atoms with Gasteiger partial charge in [-0.2, -0.15) is 0 Å². The molecule has 3 aromatic rings. The van der Waals surface area contributed by atoms with Crippen molar-refractivity contribution >= 4 is 10.9 Å². The van der Waals surface area contributed by atoms with Crippen LogP contribution in [0.25, 0.3) is 10.9 Å². The highest BCUT2D eigenvalue weighted by atomic mass is 16.3. The van der Waals surface area contributed by atoms with Gasteiger partial charge in [0.05, 0.1) is 6.61 Å². The molecule has 3 rings (SSSR count). The summed E-state index contributed by atoms with van der Waals surface area (Å²) in [7, 11) is 0. The van der Waals surface area contributed by atoms with Crippen molar-refractivity contribution in [3.63, 3.8) is 0 Å². The van der Waals surface area contributed by atoms with Crippen molar-refractivity contribution in [2.75, 3.05) is 6.61 Å². The molecule has 2 aromatic carbocycles. The van der Waals surface area contributed by atoms with E-state index < -0.39 is 0 Å². The van der Waals surface area contributed by atoms with Crippen molar-refractivity contribution in [3.05, 3.63) is 71.4 Å². The standard InChI is InChI=1S/C21H26N2O/c1-3-19(15-24)22-12-18-14-23(21-11-7-6-10-20(18)21)13-17-9-5-4-8-16(17)2/h4-11,14,19,22,24H,3,12-13,15H2,1-2H3/t19-/m1/s1. The fourth-order valence-electron chi connectivity index (χ4n) is 3.16. The van der Waals surface area contributed by atoms with Crippen LogP contribution in [0.15, 0.2) is 54.7 Å². The monoisotopic (exact) mass is 322 g/mol. The molecule has 3 heteroatoms. The average molecular weight is 322 g/mol. The molecule has 0 aliphatic rings. The van der Waals surface area contributed by atoms with Crippen LogP contribution in [0.3, 0.4) is 0 Å². The van der Waals surface area contributed by atoms with Crippen molar-refractivity contribution in [1.29, 1.82) is 0 Å². The minimum Gasteiger partial charge on any atom is -0.395 e. The molecule has 0 unspecified atom stereocenters. The quantitative estimate of drug-likeness (QED) is 0.693. The molecular formula is C21H26N2O. The van der Waals surface area contributed by atoms with Gasteiger partial charge in [-0.3, -0.25) is 0 Å². The first-order chi connectivity index (χ1) is 11.7. The van der Waals surface area contributed by atoms with E-state index in [0.29, 0.717) is 0 Å². The van der Waals surface area contributed by atoms with E-state index in [1.165, 1.54) is 27.6 Å². The van der Waals surface area contributed by atoms with Crippen LogP contribution in [0.5, 0.6) is 0 Å². The third-order valence-corrected chi connectivity index (χ3v) is 4.77. The highest BCUT2D eigenvalue weighted by Gasteiger charge is 2.11. The summed E-state index contributed by atoms with van der Waals surface area (Å²) in [6, 6.07) is 17.2. The summed E-state index contributed by atoms with van der Waals surface area (Å²) in [5.74, 6) is 0. The molecule has 0 amide bonds. The molecule has 0 fully saturated rings. The largest absolute Gasteiger partial charge is 0.395 e. The molecule has 0 saturated heterocycles. The molecule has 1 aromatic heterocycles. The molecule has 2 N–H and O–H groups in total. The fraction of sp³-hybridized carbons (Fsp3) is 0.333. The second-order valence-corrected chi connectivity index (χ2v) is 6.39. The Morgan fingerprint density at radius 3 is 2.54 bits per heavy atom. The smallest absolute Gasteiger partial charge is 0.0584 e. The number of para-hydroxylation sites is 1. The Bertz CT molecular complexity index is 802. The van der Waals surface area contributed by atoms with Gasteiger partial charge in [-0.25, -0.2) is 0 Å². The highest BCUT2D eigenvalue weighted by molar-refractivity contribution is 5.84. The summed E-state index contributed by atoms with van der Waals surface area (Å²) in [5.41, 5.74) is 5.21. The van der Waals surface area contributed by atoms with Crippen molar-refractivity contribution in [1.82, 2.24) is 9.88 Å². The lowest BCUT2D eigenvalue weighted by Gasteiger charge is -2.13. The fourth-order valence-corrected chi connectivity index (χ4v) is 3.16. The average Bonchev–Trinajstić information content (AvgIpc) is 2.96. The molecule has 0 bridgehead atoms. The minimum atomic E-state index is 0.156. The molecule has 0 radical (unpaired) electrons. The van der Waals surface area contributed by atoms with E-state index in [1.54, 1.807) is 0 Å². The van der Waals surface area contributed by atoms with Crippen molar-refractivity contribution < 1.29 is 5.11 Å². The number of aliphatic hydroxyl groups is 1. The molecule has 3 nitrogen and oxygen atoms in total. The van der Waals surface area contributed by atoms with Gasteiger partial charge in [-0.05, 0) is 36.1 Å². The third-order valence-electron chi connectivity index (χ3n) is 4.77. The molecule has 1 atom stereocenters. The number of aryl methyl sites for hydroxylation is 1. The van der Waals surface area contributed by atoms with E-state index in [9.17, 15) is 5.11 Å². The van der Waals surface area contributed by atoms with Crippen LogP contribution in [-0.4, -0.2) is 22.3 Å². The number of rotatable bonds is 7. The Hall–Kier alpha value is -2.10. The van der Waals surface area contributed by atoms with Gasteiger partial charge < -0.3 is 15.0 Å². The second kappa shape index (κ2) is 7.65. The van der Waals surface area contributed by atoms with Crippen LogP contribution >= 0.6 is 0 Å². The summed E-state index contributed by atoms with van der Waals surface area (Å²) >= 11 is 0. The maximum Gasteiger partial charge on any atom is 0.0584 e. The van der Waals surface area contributed by atoms with Gasteiger partial charge in [0.15, 0.2) is 0 Å². The van der Waals surface area contributed by atoms with Crippen LogP contribution in [0.1, 0.15) is 30.0 Å². The van der Waals surface area contributed by atoms with Crippen LogP contribution in [-0.2, 0) is 13.1 Å². The highest BCUT2D eigenvalue weighted by Crippen LogP contribution is 2.23. The lowest BCUT2D eigenvalue weighted by molar-refractivity contribution is 0.238. The van der Waals surface area contributed by atoms with Crippen LogP contribution in [0.4, 0.5) is 0 Å². The molecule has 1 heterocycles. The third kappa shape index (κ3) is 3.53. The molecule has 0 saturated carbocycles. The zero-order valence-electron chi connectivity index (χ0n) is 14.5. The normalized spacial score (nSPS) is 12.6. The lowest BCUT2D eigenvalue weighted by atomic mass is 10.1. The summed E-state index contributed by atoms with van der Waals surface area (Å²) in [5, 5.41) is 14.1. The molecule has 0 aliphatic carbocycles. The number of aromatic nitrogens is 1. The first-order valence-corrected chi connectivity index (χ1v) is 8.68. The predicted molar refractivity (Wildman–Crippen MR) is 100 cm³/mol. The van der Waals surface area contributed by atoms with Crippen LogP contribution in [0, 0.1) is 6.92 Å². The Kier molecular flexibility index (Phi) is 5.34. The second-order valence-electron chi connectivity index (χ2n) is 6.39. The van der Waals surface area contributed by atoms with Crippen LogP contribution in [0.2, 0.25) is 0 Å². The van der Waals surface area contributed by atoms with Gasteiger partial charge in [0.2, 0.25) is 0 Å². The van der Waals surface area contributed by atoms with Gasteiger partial charge in [0, 0.05) is 36.2 Å². The van der Waals surface area contributed by atoms with Gasteiger partial charge in [-0.15, -0.1) is 0 Å². The SMILES string of the molecule is CC[C@H](CO)NCc1cn(Cc2ccccc2C)c2ccccc12. The van der Waals surface area contributed by atoms with E-state index in [4.69, 9.17) is 0 Å². The number of nitrogens with one attached hydrogen (secondary N) is 1. The topological polar surface area (TPSA) is 37.2 Å². The number of hydrogen-bond acceptors (Lipinski definition) is 2. The van der Waals surface area contributed by atoms with Crippen LogP contribution < -0.4 is 5.32 Å². The number of benzene rings is 2. The molecular weight excluding hydrogens is 296 g/mol. The Labute approximate surface area is 143 Å². The molecule has 0 aliphatic heterocycles. The number of hydrogen-bond donors (Lipinski definition) is 2. The van der Waals surface area contributed by atoms with E-state index in [2.05, 4.69) is 78.5 Å². The van der Waals surface area contributed by atoms with E-state index in [0.717, 1.165) is 19.5 Å². The molecule has 126 valence electrons. The Morgan fingerprint density at radius 2 is 1.79 bits per heavy atom. The van der Waals surface area contributed by atoms with Crippen molar-refractivity contribution in [2.24, 2.45) is 0 Å². The van der Waals surface area contributed by atoms with Gasteiger partial charge >= 0.3 is 0 Å². The summed E-state index contributed by atoms with van der Waals surface area (Å²) in [6.45, 7) is 6.09. The lowest BCUT2D eigenvalue weighted by Crippen LogP contribution is -2.31. The minimum absolute atomic E-state index is 0.156. The Morgan fingerprint density at radius 1 is 1.04 bits per heavy atom.